The molecule has 2 heterocycles. The topological polar surface area (TPSA) is 360 Å². The van der Waals surface area contributed by atoms with Crippen LogP contribution in [0.2, 0.25) is 0 Å². The third kappa shape index (κ3) is 14.2. The van der Waals surface area contributed by atoms with Crippen molar-refractivity contribution in [3.63, 3.8) is 0 Å². The van der Waals surface area contributed by atoms with Gasteiger partial charge in [-0.2, -0.15) is 12.6 Å². The number of amides is 7. The van der Waals surface area contributed by atoms with Gasteiger partial charge >= 0.3 is 11.9 Å². The number of rotatable bonds is 21. The minimum atomic E-state index is -1.77. The number of nitrogens with two attached hydrogens (primary N) is 3. The molecule has 52 heavy (non-hydrogen) atoms. The summed E-state index contributed by atoms with van der Waals surface area (Å²) in [6.07, 6.45) is 0.578. The Bertz CT molecular complexity index is 1390. The number of carbonyl (C=O) groups is 9. The molecule has 0 unspecified atom stereocenters. The van der Waals surface area contributed by atoms with E-state index in [-0.39, 0.29) is 37.6 Å². The molecule has 0 spiro atoms. The molecule has 290 valence electrons. The van der Waals surface area contributed by atoms with Crippen LogP contribution in [0.3, 0.4) is 0 Å². The predicted octanol–water partition coefficient (Wildman–Crippen LogP) is -5.80. The van der Waals surface area contributed by atoms with Gasteiger partial charge in [0.05, 0.1) is 25.4 Å². The largest absolute Gasteiger partial charge is 0.481 e. The number of nitrogens with zero attached hydrogens (tertiary/aromatic N) is 2. The zero-order valence-electron chi connectivity index (χ0n) is 28.3. The van der Waals surface area contributed by atoms with Gasteiger partial charge < -0.3 is 64.2 Å². The number of hydrogen-bond donors (Lipinski definition) is 12. The van der Waals surface area contributed by atoms with Gasteiger partial charge in [0.15, 0.2) is 5.96 Å². The summed E-state index contributed by atoms with van der Waals surface area (Å²) in [6, 6.07) is -7.40. The number of aliphatic carboxylic acids is 2. The van der Waals surface area contributed by atoms with E-state index in [1.54, 1.807) is 0 Å². The molecule has 0 radical (unpaired) electrons. The van der Waals surface area contributed by atoms with Crippen molar-refractivity contribution in [2.24, 2.45) is 22.2 Å². The number of guanidine groups is 1. The molecule has 0 aromatic carbocycles. The summed E-state index contributed by atoms with van der Waals surface area (Å²) in [5.74, 6) is -9.16. The Kier molecular flexibility index (Phi) is 17.6. The first-order valence-electron chi connectivity index (χ1n) is 16.4. The lowest BCUT2D eigenvalue weighted by Crippen LogP contribution is -2.58. The molecule has 7 amide bonds. The van der Waals surface area contributed by atoms with Gasteiger partial charge in [0.1, 0.15) is 30.2 Å². The first-order chi connectivity index (χ1) is 24.5. The highest BCUT2D eigenvalue weighted by molar-refractivity contribution is 7.80. The Morgan fingerprint density at radius 3 is 2.10 bits per heavy atom. The number of primary amides is 1. The van der Waals surface area contributed by atoms with Crippen LogP contribution in [-0.4, -0.2) is 143 Å². The summed E-state index contributed by atoms with van der Waals surface area (Å²) < 4.78 is 0. The van der Waals surface area contributed by atoms with Crippen LogP contribution < -0.4 is 49.1 Å². The number of carboxylic acids is 2. The van der Waals surface area contributed by atoms with E-state index in [4.69, 9.17) is 22.3 Å². The maximum absolute atomic E-state index is 13.4. The monoisotopic (exact) mass is 757 g/mol. The first-order valence-corrected chi connectivity index (χ1v) is 17.1. The molecule has 2 rings (SSSR count). The predicted molar refractivity (Wildman–Crippen MR) is 184 cm³/mol. The lowest BCUT2D eigenvalue weighted by Gasteiger charge is -2.29. The number of likely N-dealkylation sites (tertiary alicyclic amines) is 1. The van der Waals surface area contributed by atoms with Crippen LogP contribution in [-0.2, 0) is 43.2 Å². The van der Waals surface area contributed by atoms with Crippen molar-refractivity contribution in [3.05, 3.63) is 0 Å². The van der Waals surface area contributed by atoms with E-state index in [0.29, 0.717) is 25.8 Å². The summed E-state index contributed by atoms with van der Waals surface area (Å²) >= 11 is 4.12. The molecule has 0 aliphatic carbocycles. The van der Waals surface area contributed by atoms with Gasteiger partial charge in [0.2, 0.25) is 41.4 Å². The van der Waals surface area contributed by atoms with Gasteiger partial charge in [-0.1, -0.05) is 0 Å². The summed E-state index contributed by atoms with van der Waals surface area (Å²) in [5.41, 5.74) is 16.0. The molecule has 0 bridgehead atoms. The van der Waals surface area contributed by atoms with Crippen LogP contribution in [0.5, 0.6) is 0 Å². The van der Waals surface area contributed by atoms with Crippen LogP contribution in [0.15, 0.2) is 4.99 Å². The number of nitrogens with one attached hydrogen (secondary N) is 6. The van der Waals surface area contributed by atoms with Crippen LogP contribution >= 0.6 is 12.6 Å². The zero-order valence-corrected chi connectivity index (χ0v) is 29.2. The van der Waals surface area contributed by atoms with E-state index >= 15 is 0 Å². The van der Waals surface area contributed by atoms with E-state index in [2.05, 4.69) is 49.5 Å². The minimum absolute atomic E-state index is 0.00825. The standard InChI is InChI=1S/C29H47N11O11S/c30-20(41)10-16(27(49)40-9-3-6-19(40)26(48)38-17(28(50)51)11-22(43)44)36-21(42)12-35-23(45)18(13-52)39-25(47)15(5-2-8-34-29(31)32)37-24(46)14-4-1-7-33-14/h14-19,33,52H,1-13H2,(H2,30,41)(H,35,45)(H,36,42)(H,37,46)(H,38,48)(H,39,47)(H,43,44)(H,50,51)(H4,31,32,34)/t14-,15-,16-,17-,18-,19-/m0/s1. The third-order valence-corrected chi connectivity index (χ3v) is 8.43. The highest BCUT2D eigenvalue weighted by Gasteiger charge is 2.39. The number of hydrogen-bond acceptors (Lipinski definition) is 12. The molecular formula is C29H47N11O11S. The smallest absolute Gasteiger partial charge is 0.326 e. The molecule has 0 aromatic rings. The highest BCUT2D eigenvalue weighted by Crippen LogP contribution is 2.20. The Labute approximate surface area is 303 Å². The lowest BCUT2D eigenvalue weighted by molar-refractivity contribution is -0.148. The van der Waals surface area contributed by atoms with Crippen molar-refractivity contribution in [1.29, 1.82) is 0 Å². The molecule has 14 N–H and O–H groups in total. The van der Waals surface area contributed by atoms with E-state index < -0.39 is 109 Å². The van der Waals surface area contributed by atoms with Crippen molar-refractivity contribution in [2.75, 3.05) is 31.9 Å². The van der Waals surface area contributed by atoms with Crippen molar-refractivity contribution in [1.82, 2.24) is 36.8 Å². The molecule has 0 saturated carbocycles. The second kappa shape index (κ2) is 21.2. The van der Waals surface area contributed by atoms with Crippen LogP contribution in [0.25, 0.3) is 0 Å². The fraction of sp³-hybridized carbons (Fsp3) is 0.655. The number of aliphatic imine (C=N–C) groups is 1. The molecular weight excluding hydrogens is 710 g/mol. The Morgan fingerprint density at radius 2 is 1.52 bits per heavy atom. The number of thiol groups is 1. The molecule has 2 fully saturated rings. The van der Waals surface area contributed by atoms with Crippen molar-refractivity contribution >= 4 is 71.9 Å². The van der Waals surface area contributed by atoms with Crippen molar-refractivity contribution < 1.29 is 53.4 Å². The van der Waals surface area contributed by atoms with Crippen molar-refractivity contribution in [2.45, 2.75) is 87.6 Å². The Hall–Kier alpha value is -5.19. The van der Waals surface area contributed by atoms with Crippen molar-refractivity contribution in [3.8, 4) is 0 Å². The van der Waals surface area contributed by atoms with Gasteiger partial charge in [-0.05, 0) is 45.1 Å². The molecule has 2 aliphatic rings. The number of carboxylic acid groups (broad SMARTS) is 2. The zero-order chi connectivity index (χ0) is 39.0. The molecule has 23 heteroatoms. The lowest BCUT2D eigenvalue weighted by atomic mass is 10.1. The fourth-order valence-electron chi connectivity index (χ4n) is 5.50. The molecule has 2 saturated heterocycles. The van der Waals surface area contributed by atoms with E-state index in [9.17, 15) is 48.3 Å². The molecule has 6 atom stereocenters. The minimum Gasteiger partial charge on any atom is -0.481 e. The van der Waals surface area contributed by atoms with E-state index in [0.717, 1.165) is 11.3 Å². The Balaban J connectivity index is 2.04. The summed E-state index contributed by atoms with van der Waals surface area (Å²) in [4.78, 5) is 117. The van der Waals surface area contributed by atoms with Gasteiger partial charge in [-0.3, -0.25) is 43.3 Å². The normalized spacial score (nSPS) is 18.8. The van der Waals surface area contributed by atoms with Crippen LogP contribution in [0.1, 0.15) is 51.4 Å². The molecule has 22 nitrogen and oxygen atoms in total. The van der Waals surface area contributed by atoms with E-state index in [1.165, 1.54) is 0 Å². The maximum Gasteiger partial charge on any atom is 0.326 e. The van der Waals surface area contributed by atoms with E-state index in [1.807, 2.05) is 0 Å². The SMILES string of the molecule is NC(=O)C[C@H](NC(=O)CNC(=O)[C@H](CS)NC(=O)[C@H](CCCN=C(N)N)NC(=O)[C@@H]1CCCN1)C(=O)N1CCC[C@H]1C(=O)N[C@@H](CC(=O)O)C(=O)O. The van der Waals surface area contributed by atoms with Gasteiger partial charge in [-0.15, -0.1) is 0 Å². The van der Waals surface area contributed by atoms with Crippen LogP contribution in [0.4, 0.5) is 0 Å². The maximum atomic E-state index is 13.4. The molecule has 2 aliphatic heterocycles. The van der Waals surface area contributed by atoms with Crippen LogP contribution in [0, 0.1) is 0 Å². The summed E-state index contributed by atoms with van der Waals surface area (Å²) in [5, 5.41) is 33.1. The average Bonchev–Trinajstić information content (AvgIpc) is 3.79. The van der Waals surface area contributed by atoms with Gasteiger partial charge in [0, 0.05) is 18.8 Å². The quantitative estimate of drug-likeness (QED) is 0.0225. The van der Waals surface area contributed by atoms with Gasteiger partial charge in [-0.25, -0.2) is 4.79 Å². The molecule has 0 aromatic heterocycles. The second-order valence-electron chi connectivity index (χ2n) is 12.1. The highest BCUT2D eigenvalue weighted by atomic mass is 32.1. The second-order valence-corrected chi connectivity index (χ2v) is 12.5. The summed E-state index contributed by atoms with van der Waals surface area (Å²) in [6.45, 7) is 0.0875. The van der Waals surface area contributed by atoms with Gasteiger partial charge in [0.25, 0.3) is 0 Å². The Morgan fingerprint density at radius 1 is 0.827 bits per heavy atom. The average molecular weight is 758 g/mol. The first kappa shape index (κ1) is 43.0. The number of carbonyl (C=O) groups excluding carboxylic acids is 7. The third-order valence-electron chi connectivity index (χ3n) is 8.06. The summed E-state index contributed by atoms with van der Waals surface area (Å²) in [7, 11) is 0. The fourth-order valence-corrected chi connectivity index (χ4v) is 5.76.